The van der Waals surface area contributed by atoms with Crippen LogP contribution in [-0.2, 0) is 9.84 Å². The van der Waals surface area contributed by atoms with E-state index in [4.69, 9.17) is 0 Å². The summed E-state index contributed by atoms with van der Waals surface area (Å²) < 4.78 is 24.6. The van der Waals surface area contributed by atoms with Gasteiger partial charge in [-0.3, -0.25) is 0 Å². The number of halogens is 1. The van der Waals surface area contributed by atoms with Crippen molar-refractivity contribution in [1.82, 2.24) is 5.32 Å². The molecule has 3 nitrogen and oxygen atoms in total. The first-order valence-electron chi connectivity index (χ1n) is 5.69. The summed E-state index contributed by atoms with van der Waals surface area (Å²) in [5.74, 6) is 0.373. The molecule has 5 heteroatoms. The lowest BCUT2D eigenvalue weighted by molar-refractivity contribution is 0.455. The lowest BCUT2D eigenvalue weighted by atomic mass is 9.90. The minimum atomic E-state index is -3.13. The SMILES string of the molecule is CS(=O)(=O)c1cc(I)ccc1C1CCNCC1. The average Bonchev–Trinajstić information content (AvgIpc) is 2.29. The van der Waals surface area contributed by atoms with Crippen LogP contribution in [0.25, 0.3) is 0 Å². The number of nitrogens with one attached hydrogen (secondary N) is 1. The van der Waals surface area contributed by atoms with Crippen molar-refractivity contribution in [3.8, 4) is 0 Å². The third-order valence-electron chi connectivity index (χ3n) is 3.15. The maximum absolute atomic E-state index is 11.8. The molecular weight excluding hydrogens is 349 g/mol. The van der Waals surface area contributed by atoms with Gasteiger partial charge >= 0.3 is 0 Å². The molecular formula is C12H16INO2S. The van der Waals surface area contributed by atoms with Gasteiger partial charge in [0.15, 0.2) is 9.84 Å². The summed E-state index contributed by atoms with van der Waals surface area (Å²) in [7, 11) is -3.13. The number of piperidine rings is 1. The maximum atomic E-state index is 11.8. The van der Waals surface area contributed by atoms with Crippen molar-refractivity contribution in [2.45, 2.75) is 23.7 Å². The highest BCUT2D eigenvalue weighted by atomic mass is 127. The Bertz CT molecular complexity index is 507. The van der Waals surface area contributed by atoms with E-state index < -0.39 is 9.84 Å². The van der Waals surface area contributed by atoms with Gasteiger partial charge in [0.2, 0.25) is 0 Å². The van der Waals surface area contributed by atoms with E-state index in [1.165, 1.54) is 6.26 Å². The highest BCUT2D eigenvalue weighted by Crippen LogP contribution is 2.31. The van der Waals surface area contributed by atoms with Crippen molar-refractivity contribution in [2.75, 3.05) is 19.3 Å². The molecule has 0 saturated carbocycles. The number of benzene rings is 1. The van der Waals surface area contributed by atoms with Crippen LogP contribution >= 0.6 is 22.6 Å². The quantitative estimate of drug-likeness (QED) is 0.818. The van der Waals surface area contributed by atoms with Crippen LogP contribution in [0, 0.1) is 3.57 Å². The summed E-state index contributed by atoms with van der Waals surface area (Å²) in [6.45, 7) is 1.94. The summed E-state index contributed by atoms with van der Waals surface area (Å²) in [5, 5.41) is 3.30. The molecule has 1 fully saturated rings. The molecule has 1 heterocycles. The van der Waals surface area contributed by atoms with E-state index in [-0.39, 0.29) is 0 Å². The van der Waals surface area contributed by atoms with E-state index in [0.29, 0.717) is 10.8 Å². The zero-order chi connectivity index (χ0) is 12.5. The highest BCUT2D eigenvalue weighted by Gasteiger charge is 2.22. The summed E-state index contributed by atoms with van der Waals surface area (Å²) in [6, 6.07) is 5.76. The first-order chi connectivity index (χ1) is 7.98. The van der Waals surface area contributed by atoms with E-state index in [2.05, 4.69) is 27.9 Å². The number of sulfone groups is 1. The predicted molar refractivity (Wildman–Crippen MR) is 77.1 cm³/mol. The van der Waals surface area contributed by atoms with E-state index in [9.17, 15) is 8.42 Å². The molecule has 0 aliphatic carbocycles. The van der Waals surface area contributed by atoms with Gasteiger partial charge < -0.3 is 5.32 Å². The second-order valence-electron chi connectivity index (χ2n) is 4.48. The van der Waals surface area contributed by atoms with Crippen LogP contribution in [0.3, 0.4) is 0 Å². The van der Waals surface area contributed by atoms with E-state index in [0.717, 1.165) is 35.1 Å². The Balaban J connectivity index is 2.45. The molecule has 0 amide bonds. The van der Waals surface area contributed by atoms with E-state index in [1.807, 2.05) is 12.1 Å². The molecule has 0 spiro atoms. The molecule has 2 rings (SSSR count). The van der Waals surface area contributed by atoms with Gasteiger partial charge in [-0.05, 0) is 72.1 Å². The third-order valence-corrected chi connectivity index (χ3v) is 4.98. The van der Waals surface area contributed by atoms with Gasteiger partial charge in [0.05, 0.1) is 4.90 Å². The van der Waals surface area contributed by atoms with Crippen LogP contribution in [0.2, 0.25) is 0 Å². The molecule has 17 heavy (non-hydrogen) atoms. The second-order valence-corrected chi connectivity index (χ2v) is 7.71. The average molecular weight is 365 g/mol. The normalized spacial score (nSPS) is 18.2. The molecule has 0 radical (unpaired) electrons. The van der Waals surface area contributed by atoms with Crippen LogP contribution in [-0.4, -0.2) is 27.8 Å². The smallest absolute Gasteiger partial charge is 0.175 e. The Morgan fingerprint density at radius 3 is 2.53 bits per heavy atom. The maximum Gasteiger partial charge on any atom is 0.175 e. The van der Waals surface area contributed by atoms with Gasteiger partial charge in [0.25, 0.3) is 0 Å². The van der Waals surface area contributed by atoms with Crippen LogP contribution in [0.5, 0.6) is 0 Å². The summed E-state index contributed by atoms with van der Waals surface area (Å²) >= 11 is 2.16. The molecule has 1 N–H and O–H groups in total. The zero-order valence-electron chi connectivity index (χ0n) is 9.74. The number of hydrogen-bond acceptors (Lipinski definition) is 3. The minimum Gasteiger partial charge on any atom is -0.317 e. The Morgan fingerprint density at radius 1 is 1.29 bits per heavy atom. The monoisotopic (exact) mass is 365 g/mol. The van der Waals surface area contributed by atoms with Crippen LogP contribution in [0.1, 0.15) is 24.3 Å². The van der Waals surface area contributed by atoms with Crippen LogP contribution < -0.4 is 5.32 Å². The number of hydrogen-bond donors (Lipinski definition) is 1. The van der Waals surface area contributed by atoms with Gasteiger partial charge in [0.1, 0.15) is 0 Å². The molecule has 0 atom stereocenters. The van der Waals surface area contributed by atoms with Crippen molar-refractivity contribution < 1.29 is 8.42 Å². The van der Waals surface area contributed by atoms with Gasteiger partial charge in [0, 0.05) is 9.83 Å². The molecule has 0 unspecified atom stereocenters. The van der Waals surface area contributed by atoms with Crippen molar-refractivity contribution in [3.05, 3.63) is 27.3 Å². The fraction of sp³-hybridized carbons (Fsp3) is 0.500. The summed E-state index contributed by atoms with van der Waals surface area (Å²) in [4.78, 5) is 0.510. The topological polar surface area (TPSA) is 46.2 Å². The molecule has 94 valence electrons. The second kappa shape index (κ2) is 5.24. The first-order valence-corrected chi connectivity index (χ1v) is 8.66. The van der Waals surface area contributed by atoms with Gasteiger partial charge in [-0.2, -0.15) is 0 Å². The fourth-order valence-corrected chi connectivity index (χ4v) is 4.01. The lowest BCUT2D eigenvalue weighted by Gasteiger charge is -2.24. The van der Waals surface area contributed by atoms with Gasteiger partial charge in [-0.15, -0.1) is 0 Å². The van der Waals surface area contributed by atoms with Gasteiger partial charge in [-0.1, -0.05) is 6.07 Å². The van der Waals surface area contributed by atoms with Crippen molar-refractivity contribution in [2.24, 2.45) is 0 Å². The zero-order valence-corrected chi connectivity index (χ0v) is 12.7. The van der Waals surface area contributed by atoms with E-state index >= 15 is 0 Å². The summed E-state index contributed by atoms with van der Waals surface area (Å²) in [5.41, 5.74) is 0.995. The minimum absolute atomic E-state index is 0.373. The van der Waals surface area contributed by atoms with Gasteiger partial charge in [-0.25, -0.2) is 8.42 Å². The Labute approximate surface area is 116 Å². The Hall–Kier alpha value is -0.140. The Kier molecular flexibility index (Phi) is 4.10. The highest BCUT2D eigenvalue weighted by molar-refractivity contribution is 14.1. The largest absolute Gasteiger partial charge is 0.317 e. The fourth-order valence-electron chi connectivity index (χ4n) is 2.30. The number of rotatable bonds is 2. The standard InChI is InChI=1S/C12H16INO2S/c1-17(15,16)12-8-10(13)2-3-11(12)9-4-6-14-7-5-9/h2-3,8-9,14H,4-7H2,1H3. The van der Waals surface area contributed by atoms with Crippen LogP contribution in [0.15, 0.2) is 23.1 Å². The summed E-state index contributed by atoms with van der Waals surface area (Å²) in [6.07, 6.45) is 3.33. The molecule has 1 aliphatic heterocycles. The molecule has 0 bridgehead atoms. The first kappa shape index (κ1) is 13.3. The molecule has 0 aromatic heterocycles. The van der Waals surface area contributed by atoms with Crippen molar-refractivity contribution in [3.63, 3.8) is 0 Å². The van der Waals surface area contributed by atoms with E-state index in [1.54, 1.807) is 6.07 Å². The molecule has 1 aliphatic rings. The third kappa shape index (κ3) is 3.20. The molecule has 1 aromatic rings. The van der Waals surface area contributed by atoms with Crippen LogP contribution in [0.4, 0.5) is 0 Å². The van der Waals surface area contributed by atoms with Crippen molar-refractivity contribution in [1.29, 1.82) is 0 Å². The predicted octanol–water partition coefficient (Wildman–Crippen LogP) is 2.16. The Morgan fingerprint density at radius 2 is 1.94 bits per heavy atom. The molecule has 1 saturated heterocycles. The molecule has 1 aromatic carbocycles. The lowest BCUT2D eigenvalue weighted by Crippen LogP contribution is -2.27. The van der Waals surface area contributed by atoms with Crippen molar-refractivity contribution >= 4 is 32.4 Å².